The molecule has 0 saturated heterocycles. The second-order valence-corrected chi connectivity index (χ2v) is 4.16. The van der Waals surface area contributed by atoms with Crippen LogP contribution in [0.1, 0.15) is 40.0 Å². The molecular weight excluding hydrogens is 208 g/mol. The van der Waals surface area contributed by atoms with Crippen molar-refractivity contribution >= 4 is 11.9 Å². The zero-order valence-electron chi connectivity index (χ0n) is 10.2. The van der Waals surface area contributed by atoms with E-state index in [-0.39, 0.29) is 24.9 Å². The number of rotatable bonds is 7. The molecule has 0 aromatic heterocycles. The lowest BCUT2D eigenvalue weighted by Crippen LogP contribution is -2.48. The molecule has 0 radical (unpaired) electrons. The predicted octanol–water partition coefficient (Wildman–Crippen LogP) is 0.731. The Kier molecular flexibility index (Phi) is 6.03. The lowest BCUT2D eigenvalue weighted by Gasteiger charge is -2.30. The van der Waals surface area contributed by atoms with Crippen molar-refractivity contribution in [3.63, 3.8) is 0 Å². The van der Waals surface area contributed by atoms with Crippen LogP contribution in [-0.2, 0) is 9.59 Å². The maximum atomic E-state index is 12.0. The summed E-state index contributed by atoms with van der Waals surface area (Å²) in [6.07, 6.45) is 1.25. The molecule has 4 N–H and O–H groups in total. The number of carboxylic acid groups (broad SMARTS) is 1. The largest absolute Gasteiger partial charge is 0.481 e. The second kappa shape index (κ2) is 6.48. The molecule has 0 aliphatic rings. The van der Waals surface area contributed by atoms with Gasteiger partial charge in [-0.3, -0.25) is 9.59 Å². The summed E-state index contributed by atoms with van der Waals surface area (Å²) in [5, 5.41) is 11.3. The van der Waals surface area contributed by atoms with Crippen molar-refractivity contribution in [1.82, 2.24) is 5.32 Å². The zero-order chi connectivity index (χ0) is 12.8. The molecule has 0 heterocycles. The molecule has 0 aromatic rings. The first-order chi connectivity index (χ1) is 7.41. The zero-order valence-corrected chi connectivity index (χ0v) is 10.2. The Labute approximate surface area is 96.4 Å². The minimum Gasteiger partial charge on any atom is -0.481 e. The van der Waals surface area contributed by atoms with Crippen LogP contribution in [0, 0.1) is 5.41 Å². The summed E-state index contributed by atoms with van der Waals surface area (Å²) in [6, 6.07) is -0.367. The fourth-order valence-electron chi connectivity index (χ4n) is 1.64. The van der Waals surface area contributed by atoms with Gasteiger partial charge in [-0.2, -0.15) is 0 Å². The summed E-state index contributed by atoms with van der Waals surface area (Å²) in [6.45, 7) is 5.79. The fraction of sp³-hybridized carbons (Fsp3) is 0.818. The lowest BCUT2D eigenvalue weighted by atomic mass is 9.81. The number of hydrogen-bond donors (Lipinski definition) is 3. The molecule has 94 valence electrons. The van der Waals surface area contributed by atoms with E-state index in [0.29, 0.717) is 12.8 Å². The summed E-state index contributed by atoms with van der Waals surface area (Å²) in [5.74, 6) is -1.06. The van der Waals surface area contributed by atoms with Crippen LogP contribution >= 0.6 is 0 Å². The molecule has 1 unspecified atom stereocenters. The maximum absolute atomic E-state index is 12.0. The Morgan fingerprint density at radius 2 is 1.88 bits per heavy atom. The Bertz CT molecular complexity index is 241. The van der Waals surface area contributed by atoms with E-state index in [9.17, 15) is 9.59 Å². The molecule has 1 amide bonds. The van der Waals surface area contributed by atoms with Crippen LogP contribution < -0.4 is 11.1 Å². The van der Waals surface area contributed by atoms with E-state index in [0.717, 1.165) is 0 Å². The smallest absolute Gasteiger partial charge is 0.305 e. The van der Waals surface area contributed by atoms with E-state index in [2.05, 4.69) is 5.32 Å². The van der Waals surface area contributed by atoms with E-state index < -0.39 is 11.4 Å². The molecule has 5 nitrogen and oxygen atoms in total. The molecule has 0 rings (SSSR count). The summed E-state index contributed by atoms with van der Waals surface area (Å²) >= 11 is 0. The minimum absolute atomic E-state index is 0.0696. The fourth-order valence-corrected chi connectivity index (χ4v) is 1.64. The van der Waals surface area contributed by atoms with E-state index in [4.69, 9.17) is 10.8 Å². The van der Waals surface area contributed by atoms with Crippen molar-refractivity contribution in [1.29, 1.82) is 0 Å². The molecule has 0 aliphatic carbocycles. The molecule has 0 aliphatic heterocycles. The molecule has 0 spiro atoms. The average Bonchev–Trinajstić information content (AvgIpc) is 2.19. The third-order valence-electron chi connectivity index (χ3n) is 3.08. The molecule has 16 heavy (non-hydrogen) atoms. The highest BCUT2D eigenvalue weighted by molar-refractivity contribution is 5.83. The van der Waals surface area contributed by atoms with Crippen molar-refractivity contribution < 1.29 is 14.7 Å². The summed E-state index contributed by atoms with van der Waals surface area (Å²) < 4.78 is 0. The molecule has 1 atom stereocenters. The molecular formula is C11H22N2O3. The topological polar surface area (TPSA) is 92.4 Å². The quantitative estimate of drug-likeness (QED) is 0.601. The van der Waals surface area contributed by atoms with Crippen LogP contribution in [0.25, 0.3) is 0 Å². The summed E-state index contributed by atoms with van der Waals surface area (Å²) in [7, 11) is 0. The van der Waals surface area contributed by atoms with Crippen molar-refractivity contribution in [2.24, 2.45) is 11.1 Å². The van der Waals surface area contributed by atoms with Gasteiger partial charge in [0.25, 0.3) is 0 Å². The number of nitrogens with one attached hydrogen (secondary N) is 1. The first kappa shape index (κ1) is 14.9. The Hall–Kier alpha value is -1.10. The molecule has 0 bridgehead atoms. The van der Waals surface area contributed by atoms with Crippen LogP contribution in [0.15, 0.2) is 0 Å². The van der Waals surface area contributed by atoms with Crippen LogP contribution in [-0.4, -0.2) is 29.6 Å². The van der Waals surface area contributed by atoms with E-state index >= 15 is 0 Å². The second-order valence-electron chi connectivity index (χ2n) is 4.16. The number of carbonyl (C=O) groups is 2. The number of amides is 1. The number of carbonyl (C=O) groups excluding carboxylic acids is 1. The number of nitrogens with two attached hydrogens (primary N) is 1. The Morgan fingerprint density at radius 3 is 2.19 bits per heavy atom. The number of carboxylic acids is 1. The van der Waals surface area contributed by atoms with Crippen molar-refractivity contribution in [2.45, 2.75) is 46.1 Å². The van der Waals surface area contributed by atoms with Crippen LogP contribution in [0.4, 0.5) is 0 Å². The number of hydrogen-bond acceptors (Lipinski definition) is 3. The number of aliphatic carboxylic acids is 1. The van der Waals surface area contributed by atoms with Crippen LogP contribution in [0.2, 0.25) is 0 Å². The van der Waals surface area contributed by atoms with Gasteiger partial charge in [-0.1, -0.05) is 13.8 Å². The van der Waals surface area contributed by atoms with Gasteiger partial charge in [-0.05, 0) is 19.8 Å². The van der Waals surface area contributed by atoms with Gasteiger partial charge in [0, 0.05) is 12.6 Å². The van der Waals surface area contributed by atoms with Crippen LogP contribution in [0.5, 0.6) is 0 Å². The van der Waals surface area contributed by atoms with Gasteiger partial charge in [0.05, 0.1) is 11.8 Å². The monoisotopic (exact) mass is 230 g/mol. The van der Waals surface area contributed by atoms with Gasteiger partial charge in [0.1, 0.15) is 0 Å². The van der Waals surface area contributed by atoms with E-state index in [1.165, 1.54) is 0 Å². The van der Waals surface area contributed by atoms with E-state index in [1.54, 1.807) is 6.92 Å². The Morgan fingerprint density at radius 1 is 1.38 bits per heavy atom. The highest BCUT2D eigenvalue weighted by Crippen LogP contribution is 2.25. The third kappa shape index (κ3) is 3.81. The molecule has 0 aromatic carbocycles. The first-order valence-electron chi connectivity index (χ1n) is 5.64. The maximum Gasteiger partial charge on any atom is 0.305 e. The van der Waals surface area contributed by atoms with Crippen LogP contribution in [0.3, 0.4) is 0 Å². The minimum atomic E-state index is -0.917. The van der Waals surface area contributed by atoms with Crippen molar-refractivity contribution in [3.05, 3.63) is 0 Å². The van der Waals surface area contributed by atoms with Gasteiger partial charge >= 0.3 is 5.97 Å². The lowest BCUT2D eigenvalue weighted by molar-refractivity contribution is -0.138. The molecule has 5 heteroatoms. The van der Waals surface area contributed by atoms with Gasteiger partial charge < -0.3 is 16.2 Å². The average molecular weight is 230 g/mol. The highest BCUT2D eigenvalue weighted by atomic mass is 16.4. The van der Waals surface area contributed by atoms with Gasteiger partial charge in [-0.15, -0.1) is 0 Å². The summed E-state index contributed by atoms with van der Waals surface area (Å²) in [4.78, 5) is 22.4. The first-order valence-corrected chi connectivity index (χ1v) is 5.64. The third-order valence-corrected chi connectivity index (χ3v) is 3.08. The highest BCUT2D eigenvalue weighted by Gasteiger charge is 2.33. The van der Waals surface area contributed by atoms with Gasteiger partial charge in [-0.25, -0.2) is 0 Å². The van der Waals surface area contributed by atoms with Gasteiger partial charge in [0.15, 0.2) is 0 Å². The normalized spacial score (nSPS) is 13.2. The SMILES string of the molecule is CCC(CC)(CN)C(=O)NC(C)CC(=O)O. The van der Waals surface area contributed by atoms with Crippen molar-refractivity contribution in [3.8, 4) is 0 Å². The van der Waals surface area contributed by atoms with E-state index in [1.807, 2.05) is 13.8 Å². The van der Waals surface area contributed by atoms with Crippen molar-refractivity contribution in [2.75, 3.05) is 6.54 Å². The Balaban J connectivity index is 4.47. The predicted molar refractivity (Wildman–Crippen MR) is 61.9 cm³/mol. The standard InChI is InChI=1S/C11H22N2O3/c1-4-11(5-2,7-12)10(16)13-8(3)6-9(14)15/h8H,4-7,12H2,1-3H3,(H,13,16)(H,14,15). The molecule has 0 saturated carbocycles. The molecule has 0 fully saturated rings. The van der Waals surface area contributed by atoms with Gasteiger partial charge in [0.2, 0.25) is 5.91 Å². The summed E-state index contributed by atoms with van der Waals surface area (Å²) in [5.41, 5.74) is 5.07.